The molecule has 0 bridgehead atoms. The summed E-state index contributed by atoms with van der Waals surface area (Å²) in [7, 11) is 0. The van der Waals surface area contributed by atoms with Crippen LogP contribution in [0, 0.1) is 0 Å². The van der Waals surface area contributed by atoms with Crippen LogP contribution in [0.3, 0.4) is 0 Å². The minimum absolute atomic E-state index is 0.187. The fraction of sp³-hybridized carbons (Fsp3) is 0.400. The lowest BCUT2D eigenvalue weighted by Gasteiger charge is -2.12. The molecular weight excluding hydrogens is 192 g/mol. The zero-order valence-electron chi connectivity index (χ0n) is 9.16. The standard InChI is InChI=1S/C10H16N4O/c1-4-12-9-7(15)5-8(11)14-10(9)13-6(2)3/h4-6H,1-3H3,(H4,11,13,14,15). The first-order valence-corrected chi connectivity index (χ1v) is 4.82. The molecule has 0 aliphatic heterocycles. The molecule has 1 rings (SSSR count). The quantitative estimate of drug-likeness (QED) is 0.658. The molecular formula is C10H16N4O. The van der Waals surface area contributed by atoms with Crippen LogP contribution in [0.2, 0.25) is 0 Å². The zero-order valence-corrected chi connectivity index (χ0v) is 9.16. The number of hydrogen-bond donors (Lipinski definition) is 3. The van der Waals surface area contributed by atoms with Gasteiger partial charge in [-0.3, -0.25) is 9.79 Å². The van der Waals surface area contributed by atoms with Crippen molar-refractivity contribution in [2.75, 3.05) is 11.1 Å². The first kappa shape index (κ1) is 11.3. The van der Waals surface area contributed by atoms with E-state index in [0.717, 1.165) is 0 Å². The Balaban J connectivity index is 3.26. The Bertz CT molecular complexity index is 420. The van der Waals surface area contributed by atoms with Gasteiger partial charge in [0.05, 0.1) is 0 Å². The number of nitrogens with two attached hydrogens (primary N) is 1. The molecule has 15 heavy (non-hydrogen) atoms. The van der Waals surface area contributed by atoms with Gasteiger partial charge >= 0.3 is 0 Å². The lowest BCUT2D eigenvalue weighted by atomic mass is 10.3. The maximum atomic E-state index is 11.6. The number of rotatable bonds is 3. The third-order valence-corrected chi connectivity index (χ3v) is 1.72. The Morgan fingerprint density at radius 2 is 2.27 bits per heavy atom. The van der Waals surface area contributed by atoms with E-state index in [-0.39, 0.29) is 11.5 Å². The molecule has 1 aromatic heterocycles. The van der Waals surface area contributed by atoms with Crippen LogP contribution in [0.4, 0.5) is 17.3 Å². The maximum absolute atomic E-state index is 11.6. The van der Waals surface area contributed by atoms with Crippen LogP contribution in [-0.2, 0) is 0 Å². The molecule has 0 amide bonds. The second-order valence-corrected chi connectivity index (χ2v) is 3.50. The van der Waals surface area contributed by atoms with Crippen molar-refractivity contribution < 1.29 is 0 Å². The third-order valence-electron chi connectivity index (χ3n) is 1.72. The van der Waals surface area contributed by atoms with Gasteiger partial charge in [-0.05, 0) is 20.8 Å². The van der Waals surface area contributed by atoms with E-state index < -0.39 is 0 Å². The molecule has 82 valence electrons. The van der Waals surface area contributed by atoms with Crippen LogP contribution in [-0.4, -0.2) is 17.2 Å². The normalized spacial score (nSPS) is 11.2. The van der Waals surface area contributed by atoms with Crippen molar-refractivity contribution in [2.24, 2.45) is 4.99 Å². The van der Waals surface area contributed by atoms with E-state index in [2.05, 4.69) is 15.3 Å². The highest BCUT2D eigenvalue weighted by atomic mass is 16.1. The van der Waals surface area contributed by atoms with Crippen LogP contribution in [0.15, 0.2) is 15.9 Å². The summed E-state index contributed by atoms with van der Waals surface area (Å²) >= 11 is 0. The number of pyridine rings is 1. The van der Waals surface area contributed by atoms with E-state index in [9.17, 15) is 4.79 Å². The highest BCUT2D eigenvalue weighted by molar-refractivity contribution is 5.70. The lowest BCUT2D eigenvalue weighted by Crippen LogP contribution is -2.15. The second-order valence-electron chi connectivity index (χ2n) is 3.50. The van der Waals surface area contributed by atoms with E-state index in [4.69, 9.17) is 5.73 Å². The van der Waals surface area contributed by atoms with Crippen molar-refractivity contribution in [3.8, 4) is 0 Å². The molecule has 1 aromatic rings. The Morgan fingerprint density at radius 1 is 1.60 bits per heavy atom. The van der Waals surface area contributed by atoms with Crippen molar-refractivity contribution in [1.29, 1.82) is 0 Å². The van der Waals surface area contributed by atoms with E-state index in [0.29, 0.717) is 17.3 Å². The van der Waals surface area contributed by atoms with Crippen LogP contribution >= 0.6 is 0 Å². The topological polar surface area (TPSA) is 83.3 Å². The smallest absolute Gasteiger partial charge is 0.211 e. The van der Waals surface area contributed by atoms with Gasteiger partial charge < -0.3 is 16.0 Å². The molecule has 1 heterocycles. The summed E-state index contributed by atoms with van der Waals surface area (Å²) in [6, 6.07) is 1.53. The van der Waals surface area contributed by atoms with Gasteiger partial charge in [-0.2, -0.15) is 0 Å². The van der Waals surface area contributed by atoms with Crippen LogP contribution < -0.4 is 16.5 Å². The molecule has 0 saturated heterocycles. The molecule has 0 aromatic carbocycles. The fourth-order valence-corrected chi connectivity index (χ4v) is 1.22. The van der Waals surface area contributed by atoms with Gasteiger partial charge in [-0.15, -0.1) is 0 Å². The summed E-state index contributed by atoms with van der Waals surface area (Å²) in [6.45, 7) is 5.71. The summed E-state index contributed by atoms with van der Waals surface area (Å²) in [5.74, 6) is 0.895. The van der Waals surface area contributed by atoms with Crippen LogP contribution in [0.5, 0.6) is 0 Å². The minimum atomic E-state index is -0.187. The molecule has 0 spiro atoms. The Morgan fingerprint density at radius 3 is 2.80 bits per heavy atom. The van der Waals surface area contributed by atoms with Gasteiger partial charge in [0.25, 0.3) is 0 Å². The Labute approximate surface area is 88.4 Å². The monoisotopic (exact) mass is 208 g/mol. The summed E-state index contributed by atoms with van der Waals surface area (Å²) < 4.78 is 0. The zero-order chi connectivity index (χ0) is 11.4. The van der Waals surface area contributed by atoms with Gasteiger partial charge in [-0.25, -0.2) is 0 Å². The molecule has 0 aliphatic rings. The summed E-state index contributed by atoms with van der Waals surface area (Å²) in [6.07, 6.45) is 1.58. The number of nitrogen functional groups attached to an aromatic ring is 1. The number of aromatic nitrogens is 1. The average Bonchev–Trinajstić information content (AvgIpc) is 2.10. The van der Waals surface area contributed by atoms with Gasteiger partial charge in [-0.1, -0.05) is 0 Å². The van der Waals surface area contributed by atoms with Gasteiger partial charge in [0.1, 0.15) is 11.6 Å². The molecule has 5 nitrogen and oxygen atoms in total. The largest absolute Gasteiger partial charge is 0.385 e. The molecule has 0 atom stereocenters. The maximum Gasteiger partial charge on any atom is 0.211 e. The molecule has 0 saturated carbocycles. The number of H-pyrrole nitrogens is 1. The van der Waals surface area contributed by atoms with Crippen molar-refractivity contribution in [2.45, 2.75) is 26.8 Å². The number of aliphatic imine (C=N–C) groups is 1. The number of hydrogen-bond acceptors (Lipinski definition) is 4. The summed E-state index contributed by atoms with van der Waals surface area (Å²) in [5, 5.41) is 3.09. The van der Waals surface area contributed by atoms with Crippen LogP contribution in [0.25, 0.3) is 0 Å². The number of aromatic amines is 1. The molecule has 0 unspecified atom stereocenters. The Hall–Kier alpha value is -1.78. The van der Waals surface area contributed by atoms with E-state index >= 15 is 0 Å². The predicted octanol–water partition coefficient (Wildman–Crippen LogP) is 1.50. The lowest BCUT2D eigenvalue weighted by molar-refractivity contribution is 0.889. The third kappa shape index (κ3) is 2.83. The molecule has 4 N–H and O–H groups in total. The molecule has 0 fully saturated rings. The second kappa shape index (κ2) is 4.63. The molecule has 0 radical (unpaired) electrons. The highest BCUT2D eigenvalue weighted by Gasteiger charge is 2.07. The number of nitrogens with one attached hydrogen (secondary N) is 2. The van der Waals surface area contributed by atoms with Crippen LogP contribution in [0.1, 0.15) is 20.8 Å². The predicted molar refractivity (Wildman–Crippen MR) is 64.1 cm³/mol. The van der Waals surface area contributed by atoms with E-state index in [1.807, 2.05) is 13.8 Å². The Kier molecular flexibility index (Phi) is 3.49. The highest BCUT2D eigenvalue weighted by Crippen LogP contribution is 2.19. The van der Waals surface area contributed by atoms with Gasteiger partial charge in [0.15, 0.2) is 5.69 Å². The molecule has 0 aliphatic carbocycles. The minimum Gasteiger partial charge on any atom is -0.385 e. The van der Waals surface area contributed by atoms with E-state index in [1.54, 1.807) is 13.1 Å². The number of nitrogens with zero attached hydrogens (tertiary/aromatic N) is 1. The average molecular weight is 208 g/mol. The van der Waals surface area contributed by atoms with Crippen molar-refractivity contribution in [3.05, 3.63) is 16.3 Å². The SMILES string of the molecule is CC=Nc1c(NC(C)C)[nH]c(N)cc1=O. The summed E-state index contributed by atoms with van der Waals surface area (Å²) in [5.41, 5.74) is 5.73. The van der Waals surface area contributed by atoms with Crippen molar-refractivity contribution in [1.82, 2.24) is 4.98 Å². The molecule has 5 heteroatoms. The fourth-order valence-electron chi connectivity index (χ4n) is 1.22. The first-order valence-electron chi connectivity index (χ1n) is 4.82. The van der Waals surface area contributed by atoms with Gasteiger partial charge in [0, 0.05) is 18.3 Å². The van der Waals surface area contributed by atoms with E-state index in [1.165, 1.54) is 6.07 Å². The number of anilines is 2. The summed E-state index contributed by atoms with van der Waals surface area (Å²) in [4.78, 5) is 18.5. The first-order chi connectivity index (χ1) is 7.04. The van der Waals surface area contributed by atoms with Crippen molar-refractivity contribution in [3.63, 3.8) is 0 Å². The van der Waals surface area contributed by atoms with Crippen molar-refractivity contribution >= 4 is 23.5 Å². The van der Waals surface area contributed by atoms with Gasteiger partial charge in [0.2, 0.25) is 5.43 Å².